The molecule has 5 rings (SSSR count). The fourth-order valence-electron chi connectivity index (χ4n) is 4.22. The highest BCUT2D eigenvalue weighted by atomic mass is 35.5. The molecule has 1 amide bonds. The van der Waals surface area contributed by atoms with Crippen molar-refractivity contribution in [2.24, 2.45) is 5.92 Å². The van der Waals surface area contributed by atoms with Crippen LogP contribution in [0.15, 0.2) is 36.4 Å². The number of benzene rings is 2. The lowest BCUT2D eigenvalue weighted by Crippen LogP contribution is -2.38. The topological polar surface area (TPSA) is 127 Å². The van der Waals surface area contributed by atoms with Crippen molar-refractivity contribution in [3.8, 4) is 0 Å². The molecule has 1 atom stereocenters. The Morgan fingerprint density at radius 3 is 2.81 bits per heavy atom. The van der Waals surface area contributed by atoms with Crippen LogP contribution in [0.3, 0.4) is 0 Å². The summed E-state index contributed by atoms with van der Waals surface area (Å²) < 4.78 is 0. The van der Waals surface area contributed by atoms with Gasteiger partial charge in [0.2, 0.25) is 11.9 Å². The highest BCUT2D eigenvalue weighted by Crippen LogP contribution is 2.26. The monoisotopic (exact) mass is 435 g/mol. The van der Waals surface area contributed by atoms with E-state index in [2.05, 4.69) is 19.9 Å². The standard InChI is InChI=1S/C22H22ClN7O/c23-14-2-4-16-18(10-14)27-19(26-16)8-12-5-6-30(20(31)9-12)11-13-1-3-15-17(7-13)28-22(25)29-21(15)24/h1-4,7,10,12H,5-6,8-9,11H2,(H,26,27)(H4,24,25,28,29). The molecule has 2 aromatic heterocycles. The number of nitrogens with zero attached hydrogens (tertiary/aromatic N) is 4. The molecular formula is C22H22ClN7O. The van der Waals surface area contributed by atoms with Crippen LogP contribution in [-0.2, 0) is 17.8 Å². The quantitative estimate of drug-likeness (QED) is 0.451. The number of carbonyl (C=O) groups excluding carboxylic acids is 1. The third kappa shape index (κ3) is 3.98. The predicted octanol–water partition coefficient (Wildman–Crippen LogP) is 3.31. The van der Waals surface area contributed by atoms with Gasteiger partial charge in [-0.25, -0.2) is 9.97 Å². The van der Waals surface area contributed by atoms with Gasteiger partial charge in [-0.05, 0) is 48.2 Å². The Labute approximate surface area is 183 Å². The molecule has 31 heavy (non-hydrogen) atoms. The summed E-state index contributed by atoms with van der Waals surface area (Å²) in [4.78, 5) is 30.9. The van der Waals surface area contributed by atoms with E-state index in [1.54, 1.807) is 0 Å². The Kier molecular flexibility index (Phi) is 4.86. The molecular weight excluding hydrogens is 414 g/mol. The van der Waals surface area contributed by atoms with Gasteiger partial charge in [0, 0.05) is 36.3 Å². The van der Waals surface area contributed by atoms with Crippen LogP contribution in [-0.4, -0.2) is 37.3 Å². The molecule has 0 bridgehead atoms. The number of nitrogen functional groups attached to an aromatic ring is 2. The van der Waals surface area contributed by atoms with E-state index < -0.39 is 0 Å². The smallest absolute Gasteiger partial charge is 0.223 e. The van der Waals surface area contributed by atoms with Crippen molar-refractivity contribution in [3.05, 3.63) is 52.8 Å². The normalized spacial score (nSPS) is 17.0. The van der Waals surface area contributed by atoms with Crippen molar-refractivity contribution < 1.29 is 4.79 Å². The van der Waals surface area contributed by atoms with Crippen LogP contribution in [0.25, 0.3) is 21.9 Å². The van der Waals surface area contributed by atoms with Crippen molar-refractivity contribution in [1.82, 2.24) is 24.8 Å². The first kappa shape index (κ1) is 19.6. The predicted molar refractivity (Wildman–Crippen MR) is 121 cm³/mol. The molecule has 0 radical (unpaired) electrons. The fourth-order valence-corrected chi connectivity index (χ4v) is 4.40. The second-order valence-electron chi connectivity index (χ2n) is 8.04. The maximum atomic E-state index is 12.8. The molecule has 2 aromatic carbocycles. The fraction of sp³-hybridized carbons (Fsp3) is 0.273. The SMILES string of the molecule is Nc1nc(N)c2ccc(CN3CCC(Cc4nc5ccc(Cl)cc5[nH]4)CC3=O)cc2n1. The van der Waals surface area contributed by atoms with Crippen LogP contribution in [0.1, 0.15) is 24.2 Å². The lowest BCUT2D eigenvalue weighted by atomic mass is 9.92. The maximum Gasteiger partial charge on any atom is 0.223 e. The number of hydrogen-bond acceptors (Lipinski definition) is 6. The second kappa shape index (κ2) is 7.70. The summed E-state index contributed by atoms with van der Waals surface area (Å²) in [7, 11) is 0. The maximum absolute atomic E-state index is 12.8. The number of aromatic nitrogens is 4. The number of amides is 1. The van der Waals surface area contributed by atoms with Gasteiger partial charge in [-0.1, -0.05) is 17.7 Å². The van der Waals surface area contributed by atoms with Crippen molar-refractivity contribution >= 4 is 51.2 Å². The number of carbonyl (C=O) groups is 1. The van der Waals surface area contributed by atoms with Crippen molar-refractivity contribution in [2.45, 2.75) is 25.8 Å². The van der Waals surface area contributed by atoms with Crippen LogP contribution < -0.4 is 11.5 Å². The molecule has 0 spiro atoms. The molecule has 9 heteroatoms. The first-order chi connectivity index (χ1) is 14.9. The second-order valence-corrected chi connectivity index (χ2v) is 8.48. The molecule has 8 nitrogen and oxygen atoms in total. The molecule has 158 valence electrons. The number of halogens is 1. The summed E-state index contributed by atoms with van der Waals surface area (Å²) in [5.41, 5.74) is 15.1. The summed E-state index contributed by atoms with van der Waals surface area (Å²) in [6.07, 6.45) is 2.18. The summed E-state index contributed by atoms with van der Waals surface area (Å²) in [6, 6.07) is 11.4. The molecule has 1 saturated heterocycles. The number of hydrogen-bond donors (Lipinski definition) is 3. The van der Waals surface area contributed by atoms with Gasteiger partial charge in [-0.3, -0.25) is 4.79 Å². The molecule has 3 heterocycles. The van der Waals surface area contributed by atoms with Gasteiger partial charge in [0.1, 0.15) is 11.6 Å². The Bertz CT molecular complexity index is 1300. The summed E-state index contributed by atoms with van der Waals surface area (Å²) >= 11 is 6.05. The van der Waals surface area contributed by atoms with E-state index in [4.69, 9.17) is 23.1 Å². The van der Waals surface area contributed by atoms with Gasteiger partial charge in [-0.15, -0.1) is 0 Å². The van der Waals surface area contributed by atoms with E-state index in [-0.39, 0.29) is 17.8 Å². The number of H-pyrrole nitrogens is 1. The average molecular weight is 436 g/mol. The van der Waals surface area contributed by atoms with Crippen LogP contribution in [0, 0.1) is 5.92 Å². The number of likely N-dealkylation sites (tertiary alicyclic amines) is 1. The molecule has 0 aliphatic carbocycles. The summed E-state index contributed by atoms with van der Waals surface area (Å²) in [6.45, 7) is 1.25. The Balaban J connectivity index is 1.25. The number of imidazole rings is 1. The first-order valence-electron chi connectivity index (χ1n) is 10.2. The van der Waals surface area contributed by atoms with E-state index in [0.717, 1.165) is 40.6 Å². The molecule has 5 N–H and O–H groups in total. The van der Waals surface area contributed by atoms with Crippen LogP contribution >= 0.6 is 11.6 Å². The average Bonchev–Trinajstić information content (AvgIpc) is 3.11. The van der Waals surface area contributed by atoms with Gasteiger partial charge in [0.05, 0.1) is 16.6 Å². The van der Waals surface area contributed by atoms with Gasteiger partial charge < -0.3 is 21.4 Å². The minimum atomic E-state index is 0.145. The molecule has 1 fully saturated rings. The highest BCUT2D eigenvalue weighted by molar-refractivity contribution is 6.31. The Morgan fingerprint density at radius 2 is 1.97 bits per heavy atom. The zero-order valence-corrected chi connectivity index (χ0v) is 17.6. The molecule has 1 aliphatic heterocycles. The van der Waals surface area contributed by atoms with E-state index in [1.165, 1.54) is 0 Å². The lowest BCUT2D eigenvalue weighted by molar-refractivity contribution is -0.135. The Morgan fingerprint density at radius 1 is 1.10 bits per heavy atom. The van der Waals surface area contributed by atoms with Crippen molar-refractivity contribution in [1.29, 1.82) is 0 Å². The molecule has 4 aromatic rings. The van der Waals surface area contributed by atoms with Crippen LogP contribution in [0.5, 0.6) is 0 Å². The number of piperidine rings is 1. The van der Waals surface area contributed by atoms with E-state index in [1.807, 2.05) is 41.3 Å². The number of fused-ring (bicyclic) bond motifs is 2. The van der Waals surface area contributed by atoms with Crippen LogP contribution in [0.4, 0.5) is 11.8 Å². The zero-order chi connectivity index (χ0) is 21.5. The van der Waals surface area contributed by atoms with E-state index in [9.17, 15) is 4.79 Å². The van der Waals surface area contributed by atoms with Gasteiger partial charge >= 0.3 is 0 Å². The zero-order valence-electron chi connectivity index (χ0n) is 16.8. The minimum absolute atomic E-state index is 0.145. The number of rotatable bonds is 4. The summed E-state index contributed by atoms with van der Waals surface area (Å²) in [5, 5.41) is 1.44. The number of nitrogens with two attached hydrogens (primary N) is 2. The largest absolute Gasteiger partial charge is 0.383 e. The highest BCUT2D eigenvalue weighted by Gasteiger charge is 2.27. The van der Waals surface area contributed by atoms with Gasteiger partial charge in [0.25, 0.3) is 0 Å². The number of anilines is 2. The van der Waals surface area contributed by atoms with Crippen LogP contribution in [0.2, 0.25) is 5.02 Å². The third-order valence-corrected chi connectivity index (χ3v) is 6.01. The van der Waals surface area contributed by atoms with Crippen molar-refractivity contribution in [2.75, 3.05) is 18.0 Å². The molecule has 1 unspecified atom stereocenters. The first-order valence-corrected chi connectivity index (χ1v) is 10.6. The molecule has 0 saturated carbocycles. The third-order valence-electron chi connectivity index (χ3n) is 5.78. The number of nitrogens with one attached hydrogen (secondary N) is 1. The van der Waals surface area contributed by atoms with Gasteiger partial charge in [0.15, 0.2) is 0 Å². The minimum Gasteiger partial charge on any atom is -0.383 e. The van der Waals surface area contributed by atoms with Gasteiger partial charge in [-0.2, -0.15) is 4.98 Å². The Hall–Kier alpha value is -3.39. The van der Waals surface area contributed by atoms with Crippen molar-refractivity contribution in [3.63, 3.8) is 0 Å². The number of aromatic amines is 1. The van der Waals surface area contributed by atoms with E-state index in [0.29, 0.717) is 35.9 Å². The summed E-state index contributed by atoms with van der Waals surface area (Å²) in [5.74, 6) is 1.82. The lowest BCUT2D eigenvalue weighted by Gasteiger charge is -2.31. The molecule has 1 aliphatic rings. The van der Waals surface area contributed by atoms with E-state index >= 15 is 0 Å².